The Hall–Kier alpha value is -2.00. The lowest BCUT2D eigenvalue weighted by molar-refractivity contribution is 0.0795. The van der Waals surface area contributed by atoms with Crippen LogP contribution in [0.1, 0.15) is 25.3 Å². The summed E-state index contributed by atoms with van der Waals surface area (Å²) >= 11 is 0. The molecule has 1 aromatic rings. The second-order valence-corrected chi connectivity index (χ2v) is 7.70. The normalized spacial score (nSPS) is 17.0. The van der Waals surface area contributed by atoms with Gasteiger partial charge < -0.3 is 23.9 Å². The number of hydrogen-bond acceptors (Lipinski definition) is 6. The van der Waals surface area contributed by atoms with Gasteiger partial charge in [-0.05, 0) is 37.5 Å². The van der Waals surface area contributed by atoms with Gasteiger partial charge in [-0.15, -0.1) is 0 Å². The summed E-state index contributed by atoms with van der Waals surface area (Å²) in [5.74, 6) is 0.406. The molecule has 0 saturated carbocycles. The molecule has 1 heterocycles. The van der Waals surface area contributed by atoms with Crippen LogP contribution in [-0.4, -0.2) is 58.5 Å². The molecule has 1 N–H and O–H groups in total. The van der Waals surface area contributed by atoms with E-state index in [4.69, 9.17) is 13.7 Å². The molecule has 1 aromatic carbocycles. The zero-order valence-corrected chi connectivity index (χ0v) is 16.2. The fourth-order valence-corrected chi connectivity index (χ4v) is 3.24. The van der Waals surface area contributed by atoms with Gasteiger partial charge in [0, 0.05) is 26.2 Å². The number of carbonyl (C=O) groups excluding carboxylic acids is 1. The van der Waals surface area contributed by atoms with Gasteiger partial charge in [-0.1, -0.05) is 6.07 Å². The summed E-state index contributed by atoms with van der Waals surface area (Å²) in [6.07, 6.45) is 2.89. The SMILES string of the molecule is CCNC(=O)N(Cc1ccc(OC)c(OS(C)(=O)=O)c1)C[C@@H]1CCCO1. The Kier molecular flexibility index (Phi) is 7.10. The van der Waals surface area contributed by atoms with Crippen LogP contribution in [0.4, 0.5) is 4.79 Å². The minimum absolute atomic E-state index is 0.0163. The van der Waals surface area contributed by atoms with E-state index in [0.717, 1.165) is 24.7 Å². The standard InChI is InChI=1S/C17H26N2O6S/c1-4-18-17(20)19(12-14-6-5-9-24-14)11-13-7-8-15(23-2)16(10-13)25-26(3,21)22/h7-8,10,14H,4-6,9,11-12H2,1-3H3,(H,18,20)/t14-/m0/s1. The maximum atomic E-state index is 12.4. The van der Waals surface area contributed by atoms with E-state index in [-0.39, 0.29) is 17.9 Å². The highest BCUT2D eigenvalue weighted by Gasteiger charge is 2.23. The van der Waals surface area contributed by atoms with Crippen molar-refractivity contribution in [2.24, 2.45) is 0 Å². The van der Waals surface area contributed by atoms with Crippen molar-refractivity contribution in [2.45, 2.75) is 32.4 Å². The van der Waals surface area contributed by atoms with Gasteiger partial charge in [-0.2, -0.15) is 8.42 Å². The van der Waals surface area contributed by atoms with Gasteiger partial charge in [0.1, 0.15) is 0 Å². The van der Waals surface area contributed by atoms with E-state index in [0.29, 0.717) is 32.0 Å². The number of amides is 2. The number of nitrogens with one attached hydrogen (secondary N) is 1. The molecule has 1 fully saturated rings. The zero-order valence-electron chi connectivity index (χ0n) is 15.4. The van der Waals surface area contributed by atoms with Crippen LogP contribution >= 0.6 is 0 Å². The number of hydrogen-bond donors (Lipinski definition) is 1. The lowest BCUT2D eigenvalue weighted by Gasteiger charge is -2.26. The predicted molar refractivity (Wildman–Crippen MR) is 96.9 cm³/mol. The fourth-order valence-electron chi connectivity index (χ4n) is 2.78. The van der Waals surface area contributed by atoms with Crippen molar-refractivity contribution in [1.29, 1.82) is 0 Å². The second kappa shape index (κ2) is 9.09. The molecule has 0 unspecified atom stereocenters. The molecule has 146 valence electrons. The van der Waals surface area contributed by atoms with Gasteiger partial charge in [-0.3, -0.25) is 0 Å². The molecule has 0 radical (unpaired) electrons. The van der Waals surface area contributed by atoms with Crippen LogP contribution in [0.3, 0.4) is 0 Å². The van der Waals surface area contributed by atoms with Crippen LogP contribution in [0.15, 0.2) is 18.2 Å². The number of methoxy groups -OCH3 is 1. The summed E-state index contributed by atoms with van der Waals surface area (Å²) in [7, 11) is -2.26. The van der Waals surface area contributed by atoms with Crippen molar-refractivity contribution in [3.63, 3.8) is 0 Å². The van der Waals surface area contributed by atoms with Gasteiger partial charge in [0.25, 0.3) is 0 Å². The Morgan fingerprint density at radius 3 is 2.73 bits per heavy atom. The van der Waals surface area contributed by atoms with Crippen LogP contribution in [0.5, 0.6) is 11.5 Å². The largest absolute Gasteiger partial charge is 0.493 e. The molecule has 0 aliphatic carbocycles. The minimum Gasteiger partial charge on any atom is -0.493 e. The Balaban J connectivity index is 2.19. The first kappa shape index (κ1) is 20.3. The van der Waals surface area contributed by atoms with Crippen LogP contribution in [0.25, 0.3) is 0 Å². The minimum atomic E-state index is -3.69. The third kappa shape index (κ3) is 6.06. The van der Waals surface area contributed by atoms with E-state index in [9.17, 15) is 13.2 Å². The van der Waals surface area contributed by atoms with Gasteiger partial charge in [-0.25, -0.2) is 4.79 Å². The maximum Gasteiger partial charge on any atom is 0.317 e. The summed E-state index contributed by atoms with van der Waals surface area (Å²) in [6.45, 7) is 3.86. The van der Waals surface area contributed by atoms with Crippen LogP contribution in [0.2, 0.25) is 0 Å². The fraction of sp³-hybridized carbons (Fsp3) is 0.588. The van der Waals surface area contributed by atoms with Gasteiger partial charge in [0.05, 0.1) is 19.5 Å². The van der Waals surface area contributed by atoms with Gasteiger partial charge in [0.15, 0.2) is 11.5 Å². The van der Waals surface area contributed by atoms with Crippen LogP contribution < -0.4 is 14.2 Å². The monoisotopic (exact) mass is 386 g/mol. The smallest absolute Gasteiger partial charge is 0.317 e. The predicted octanol–water partition coefficient (Wildman–Crippen LogP) is 1.74. The molecule has 2 rings (SSSR count). The van der Waals surface area contributed by atoms with E-state index in [1.54, 1.807) is 23.1 Å². The molecule has 0 bridgehead atoms. The molecule has 0 aromatic heterocycles. The number of ether oxygens (including phenoxy) is 2. The molecule has 1 atom stereocenters. The summed E-state index contributed by atoms with van der Waals surface area (Å²) < 4.78 is 38.7. The van der Waals surface area contributed by atoms with Crippen molar-refractivity contribution >= 4 is 16.1 Å². The lowest BCUT2D eigenvalue weighted by Crippen LogP contribution is -2.43. The zero-order chi connectivity index (χ0) is 19.2. The average molecular weight is 386 g/mol. The number of benzene rings is 1. The van der Waals surface area contributed by atoms with Crippen molar-refractivity contribution in [3.8, 4) is 11.5 Å². The number of carbonyl (C=O) groups is 1. The molecule has 1 saturated heterocycles. The molecule has 8 nitrogen and oxygen atoms in total. The third-order valence-electron chi connectivity index (χ3n) is 3.91. The maximum absolute atomic E-state index is 12.4. The van der Waals surface area contributed by atoms with Crippen molar-refractivity contribution in [3.05, 3.63) is 23.8 Å². The Labute approximate surface area is 154 Å². The highest BCUT2D eigenvalue weighted by molar-refractivity contribution is 7.86. The Morgan fingerprint density at radius 1 is 1.38 bits per heavy atom. The van der Waals surface area contributed by atoms with Crippen LogP contribution in [0, 0.1) is 0 Å². The van der Waals surface area contributed by atoms with Crippen molar-refractivity contribution in [2.75, 3.05) is 33.1 Å². The first-order valence-electron chi connectivity index (χ1n) is 8.53. The molecule has 9 heteroatoms. The molecule has 0 spiro atoms. The van der Waals surface area contributed by atoms with Gasteiger partial charge >= 0.3 is 16.1 Å². The highest BCUT2D eigenvalue weighted by Crippen LogP contribution is 2.29. The topological polar surface area (TPSA) is 94.2 Å². The van der Waals surface area contributed by atoms with E-state index in [2.05, 4.69) is 5.32 Å². The summed E-state index contributed by atoms with van der Waals surface area (Å²) in [6, 6.07) is 4.78. The highest BCUT2D eigenvalue weighted by atomic mass is 32.2. The average Bonchev–Trinajstić information content (AvgIpc) is 3.06. The number of urea groups is 1. The molecule has 1 aliphatic heterocycles. The summed E-state index contributed by atoms with van der Waals surface area (Å²) in [5, 5.41) is 2.79. The van der Waals surface area contributed by atoms with E-state index >= 15 is 0 Å². The number of rotatable bonds is 8. The molecular formula is C17H26N2O6S. The molecule has 26 heavy (non-hydrogen) atoms. The molecule has 1 aliphatic rings. The Bertz CT molecular complexity index is 716. The third-order valence-corrected chi connectivity index (χ3v) is 4.39. The Morgan fingerprint density at radius 2 is 2.15 bits per heavy atom. The first-order valence-corrected chi connectivity index (χ1v) is 10.3. The van der Waals surface area contributed by atoms with E-state index in [1.165, 1.54) is 7.11 Å². The van der Waals surface area contributed by atoms with Gasteiger partial charge in [0.2, 0.25) is 0 Å². The van der Waals surface area contributed by atoms with Crippen molar-refractivity contribution in [1.82, 2.24) is 10.2 Å². The summed E-state index contributed by atoms with van der Waals surface area (Å²) in [4.78, 5) is 14.0. The molecule has 2 amide bonds. The number of nitrogens with zero attached hydrogens (tertiary/aromatic N) is 1. The molecular weight excluding hydrogens is 360 g/mol. The second-order valence-electron chi connectivity index (χ2n) is 6.12. The van der Waals surface area contributed by atoms with E-state index < -0.39 is 10.1 Å². The quantitative estimate of drug-likeness (QED) is 0.684. The first-order chi connectivity index (χ1) is 12.3. The summed E-state index contributed by atoms with van der Waals surface area (Å²) in [5.41, 5.74) is 0.730. The lowest BCUT2D eigenvalue weighted by atomic mass is 10.1. The van der Waals surface area contributed by atoms with E-state index in [1.807, 2.05) is 6.92 Å². The van der Waals surface area contributed by atoms with Crippen LogP contribution in [-0.2, 0) is 21.4 Å². The van der Waals surface area contributed by atoms with Crippen molar-refractivity contribution < 1.29 is 26.9 Å².